The summed E-state index contributed by atoms with van der Waals surface area (Å²) in [5.41, 5.74) is 3.00. The van der Waals surface area contributed by atoms with E-state index < -0.39 is 10.0 Å². The number of carbonyl (C=O) groups excluding carboxylic acids is 2. The van der Waals surface area contributed by atoms with Crippen LogP contribution in [0.4, 0.5) is 5.69 Å². The number of hydrogen-bond donors (Lipinski definition) is 2. The van der Waals surface area contributed by atoms with Crippen LogP contribution in [0, 0.1) is 13.8 Å². The number of sulfonamides is 1. The smallest absolute Gasteiger partial charge is 0.240 e. The van der Waals surface area contributed by atoms with Crippen LogP contribution in [-0.4, -0.2) is 26.7 Å². The van der Waals surface area contributed by atoms with Crippen molar-refractivity contribution in [1.29, 1.82) is 0 Å². The quantitative estimate of drug-likeness (QED) is 0.729. The average molecular weight is 374 g/mol. The maximum absolute atomic E-state index is 12.3. The zero-order valence-corrected chi connectivity index (χ0v) is 15.8. The molecule has 0 saturated carbocycles. The molecule has 0 heterocycles. The van der Waals surface area contributed by atoms with E-state index in [-0.39, 0.29) is 29.6 Å². The van der Waals surface area contributed by atoms with Crippen molar-refractivity contribution in [2.75, 3.05) is 11.9 Å². The summed E-state index contributed by atoms with van der Waals surface area (Å²) < 4.78 is 27.0. The first-order valence-electron chi connectivity index (χ1n) is 8.17. The summed E-state index contributed by atoms with van der Waals surface area (Å²) in [7, 11) is -3.78. The highest BCUT2D eigenvalue weighted by Crippen LogP contribution is 2.16. The Kier molecular flexibility index (Phi) is 6.28. The molecule has 2 rings (SSSR count). The van der Waals surface area contributed by atoms with E-state index in [1.54, 1.807) is 6.07 Å². The van der Waals surface area contributed by atoms with Crippen molar-refractivity contribution in [2.24, 2.45) is 0 Å². The van der Waals surface area contributed by atoms with E-state index in [1.165, 1.54) is 25.1 Å². The third-order valence-corrected chi connectivity index (χ3v) is 5.32. The number of rotatable bonds is 7. The largest absolute Gasteiger partial charge is 0.326 e. The number of hydrogen-bond acceptors (Lipinski definition) is 4. The number of carbonyl (C=O) groups is 2. The molecule has 1 amide bonds. The molecule has 0 bridgehead atoms. The third-order valence-electron chi connectivity index (χ3n) is 3.86. The van der Waals surface area contributed by atoms with Gasteiger partial charge in [0.05, 0.1) is 4.90 Å². The summed E-state index contributed by atoms with van der Waals surface area (Å²) in [6, 6.07) is 11.5. The van der Waals surface area contributed by atoms with Gasteiger partial charge < -0.3 is 5.32 Å². The monoisotopic (exact) mass is 374 g/mol. The van der Waals surface area contributed by atoms with E-state index in [0.717, 1.165) is 11.1 Å². The molecule has 0 aliphatic carbocycles. The fourth-order valence-electron chi connectivity index (χ4n) is 2.35. The second-order valence-corrected chi connectivity index (χ2v) is 7.87. The minimum Gasteiger partial charge on any atom is -0.326 e. The Labute approximate surface area is 153 Å². The van der Waals surface area contributed by atoms with Gasteiger partial charge in [0.15, 0.2) is 5.78 Å². The van der Waals surface area contributed by atoms with Crippen LogP contribution in [0.3, 0.4) is 0 Å². The van der Waals surface area contributed by atoms with E-state index in [1.807, 2.05) is 32.0 Å². The number of anilines is 1. The molecule has 0 atom stereocenters. The van der Waals surface area contributed by atoms with Crippen molar-refractivity contribution in [3.8, 4) is 0 Å². The summed E-state index contributed by atoms with van der Waals surface area (Å²) in [5, 5.41) is 2.78. The third kappa shape index (κ3) is 5.24. The van der Waals surface area contributed by atoms with Crippen molar-refractivity contribution in [1.82, 2.24) is 4.72 Å². The van der Waals surface area contributed by atoms with Crippen molar-refractivity contribution >= 4 is 27.4 Å². The standard InChI is InChI=1S/C19H22N2O4S/c1-13-7-8-14(2)18(11-13)21-19(23)9-10-20-26(24,25)17-6-4-5-16(12-17)15(3)22/h4-8,11-12,20H,9-10H2,1-3H3,(H,21,23). The minimum atomic E-state index is -3.78. The lowest BCUT2D eigenvalue weighted by Gasteiger charge is -2.10. The zero-order chi connectivity index (χ0) is 19.3. The average Bonchev–Trinajstić information content (AvgIpc) is 2.58. The van der Waals surface area contributed by atoms with Crippen LogP contribution in [0.25, 0.3) is 0 Å². The summed E-state index contributed by atoms with van der Waals surface area (Å²) in [5.74, 6) is -0.492. The Bertz CT molecular complexity index is 936. The van der Waals surface area contributed by atoms with Gasteiger partial charge in [-0.3, -0.25) is 9.59 Å². The van der Waals surface area contributed by atoms with Gasteiger partial charge >= 0.3 is 0 Å². The Morgan fingerprint density at radius 1 is 1.04 bits per heavy atom. The second kappa shape index (κ2) is 8.25. The molecular formula is C19H22N2O4S. The van der Waals surface area contributed by atoms with Crippen LogP contribution in [0.2, 0.25) is 0 Å². The summed E-state index contributed by atoms with van der Waals surface area (Å²) in [4.78, 5) is 23.4. The molecule has 2 aromatic carbocycles. The molecule has 26 heavy (non-hydrogen) atoms. The second-order valence-electron chi connectivity index (χ2n) is 6.10. The van der Waals surface area contributed by atoms with Crippen LogP contribution in [0.5, 0.6) is 0 Å². The van der Waals surface area contributed by atoms with Crippen LogP contribution >= 0.6 is 0 Å². The van der Waals surface area contributed by atoms with E-state index >= 15 is 0 Å². The summed E-state index contributed by atoms with van der Waals surface area (Å²) >= 11 is 0. The molecule has 0 aromatic heterocycles. The number of amides is 1. The molecule has 0 radical (unpaired) electrons. The Morgan fingerprint density at radius 3 is 2.46 bits per heavy atom. The van der Waals surface area contributed by atoms with Crippen molar-refractivity contribution in [2.45, 2.75) is 32.1 Å². The van der Waals surface area contributed by atoms with Crippen molar-refractivity contribution in [3.63, 3.8) is 0 Å². The predicted molar refractivity (Wildman–Crippen MR) is 101 cm³/mol. The van der Waals surface area contributed by atoms with E-state index in [9.17, 15) is 18.0 Å². The van der Waals surface area contributed by atoms with Gasteiger partial charge in [0, 0.05) is 24.2 Å². The van der Waals surface area contributed by atoms with Crippen LogP contribution in [0.15, 0.2) is 47.4 Å². The molecule has 0 saturated heterocycles. The SMILES string of the molecule is CC(=O)c1cccc(S(=O)(=O)NCCC(=O)Nc2cc(C)ccc2C)c1. The Morgan fingerprint density at radius 2 is 1.77 bits per heavy atom. The van der Waals surface area contributed by atoms with Gasteiger partial charge in [-0.25, -0.2) is 13.1 Å². The topological polar surface area (TPSA) is 92.3 Å². The normalized spacial score (nSPS) is 11.2. The molecule has 0 unspecified atom stereocenters. The molecule has 0 spiro atoms. The molecule has 0 aliphatic heterocycles. The first kappa shape index (κ1) is 19.8. The molecular weight excluding hydrogens is 352 g/mol. The highest BCUT2D eigenvalue weighted by atomic mass is 32.2. The van der Waals surface area contributed by atoms with Gasteiger partial charge in [0.1, 0.15) is 0 Å². The van der Waals surface area contributed by atoms with Gasteiger partial charge in [-0.05, 0) is 50.1 Å². The van der Waals surface area contributed by atoms with E-state index in [4.69, 9.17) is 0 Å². The molecule has 138 valence electrons. The molecule has 2 N–H and O–H groups in total. The van der Waals surface area contributed by atoms with Crippen LogP contribution in [0.1, 0.15) is 34.8 Å². The number of benzene rings is 2. The molecule has 0 aliphatic rings. The fraction of sp³-hybridized carbons (Fsp3) is 0.263. The van der Waals surface area contributed by atoms with Crippen molar-refractivity contribution < 1.29 is 18.0 Å². The lowest BCUT2D eigenvalue weighted by Crippen LogP contribution is -2.28. The van der Waals surface area contributed by atoms with Gasteiger partial charge in [0.25, 0.3) is 0 Å². The molecule has 2 aromatic rings. The van der Waals surface area contributed by atoms with Crippen LogP contribution in [-0.2, 0) is 14.8 Å². The molecule has 0 fully saturated rings. The van der Waals surface area contributed by atoms with Gasteiger partial charge in [-0.1, -0.05) is 24.3 Å². The minimum absolute atomic E-state index is 0.000127. The van der Waals surface area contributed by atoms with Gasteiger partial charge in [-0.2, -0.15) is 0 Å². The maximum atomic E-state index is 12.3. The van der Waals surface area contributed by atoms with Crippen molar-refractivity contribution in [3.05, 3.63) is 59.2 Å². The lowest BCUT2D eigenvalue weighted by molar-refractivity contribution is -0.116. The highest BCUT2D eigenvalue weighted by molar-refractivity contribution is 7.89. The number of Topliss-reactive ketones (excluding diaryl/α,β-unsaturated/α-hetero) is 1. The van der Waals surface area contributed by atoms with Gasteiger partial charge in [0.2, 0.25) is 15.9 Å². The Hall–Kier alpha value is -2.51. The van der Waals surface area contributed by atoms with Gasteiger partial charge in [-0.15, -0.1) is 0 Å². The summed E-state index contributed by atoms with van der Waals surface area (Å²) in [6.45, 7) is 5.15. The fourth-order valence-corrected chi connectivity index (χ4v) is 3.43. The first-order chi connectivity index (χ1) is 12.2. The predicted octanol–water partition coefficient (Wildman–Crippen LogP) is 2.81. The Balaban J connectivity index is 1.96. The highest BCUT2D eigenvalue weighted by Gasteiger charge is 2.15. The van der Waals surface area contributed by atoms with E-state index in [0.29, 0.717) is 11.3 Å². The van der Waals surface area contributed by atoms with Crippen LogP contribution < -0.4 is 10.0 Å². The molecule has 7 heteroatoms. The van der Waals surface area contributed by atoms with E-state index in [2.05, 4.69) is 10.0 Å². The number of nitrogens with one attached hydrogen (secondary N) is 2. The maximum Gasteiger partial charge on any atom is 0.240 e. The zero-order valence-electron chi connectivity index (χ0n) is 15.0. The number of ketones is 1. The number of aryl methyl sites for hydroxylation is 2. The lowest BCUT2D eigenvalue weighted by atomic mass is 10.1. The summed E-state index contributed by atoms with van der Waals surface area (Å²) in [6.07, 6.45) is -0.000981. The molecule has 6 nitrogen and oxygen atoms in total. The first-order valence-corrected chi connectivity index (χ1v) is 9.65.